The van der Waals surface area contributed by atoms with E-state index in [0.717, 1.165) is 33.1 Å². The number of benzene rings is 5. The van der Waals surface area contributed by atoms with Crippen LogP contribution in [0, 0.1) is 22.7 Å². The first-order chi connectivity index (χ1) is 17.8. The Hall–Kier alpha value is -4.90. The summed E-state index contributed by atoms with van der Waals surface area (Å²) in [4.78, 5) is 0. The van der Waals surface area contributed by atoms with Crippen molar-refractivity contribution < 1.29 is 0 Å². The average molecular weight is 476 g/mol. The molecule has 3 nitrogen and oxygen atoms in total. The molecule has 0 radical (unpaired) electrons. The van der Waals surface area contributed by atoms with Crippen molar-refractivity contribution in [3.63, 3.8) is 0 Å². The second-order valence-corrected chi connectivity index (χ2v) is 9.90. The molecule has 4 heteroatoms. The molecule has 0 N–H and O–H groups in total. The molecule has 0 aliphatic heterocycles. The van der Waals surface area contributed by atoms with E-state index < -0.39 is 0 Å². The Morgan fingerprint density at radius 2 is 1.25 bits per heavy atom. The molecule has 0 unspecified atom stereocenters. The van der Waals surface area contributed by atoms with Crippen molar-refractivity contribution >= 4 is 53.3 Å². The van der Waals surface area contributed by atoms with Gasteiger partial charge < -0.3 is 4.57 Å². The molecule has 2 heterocycles. The van der Waals surface area contributed by atoms with E-state index in [1.165, 1.54) is 20.2 Å². The van der Waals surface area contributed by atoms with Crippen molar-refractivity contribution in [3.8, 4) is 29.0 Å². The van der Waals surface area contributed by atoms with E-state index in [-0.39, 0.29) is 0 Å². The molecule has 0 saturated heterocycles. The number of nitrogens with zero attached hydrogens (tertiary/aromatic N) is 3. The fraction of sp³-hybridized carbons (Fsp3) is 0. The Labute approximate surface area is 211 Å². The van der Waals surface area contributed by atoms with Crippen LogP contribution in [0.2, 0.25) is 0 Å². The zero-order chi connectivity index (χ0) is 24.2. The van der Waals surface area contributed by atoms with Crippen LogP contribution in [0.15, 0.2) is 103 Å². The van der Waals surface area contributed by atoms with Crippen LogP contribution in [0.5, 0.6) is 0 Å². The lowest BCUT2D eigenvalue weighted by molar-refractivity contribution is 1.19. The van der Waals surface area contributed by atoms with Crippen LogP contribution in [0.3, 0.4) is 0 Å². The molecule has 0 fully saturated rings. The predicted molar refractivity (Wildman–Crippen MR) is 149 cm³/mol. The maximum absolute atomic E-state index is 9.72. The lowest BCUT2D eigenvalue weighted by Gasteiger charge is -2.10. The summed E-state index contributed by atoms with van der Waals surface area (Å²) in [7, 11) is 0. The molecule has 0 saturated carbocycles. The number of hydrogen-bond acceptors (Lipinski definition) is 3. The van der Waals surface area contributed by atoms with E-state index in [2.05, 4.69) is 95.6 Å². The number of para-hydroxylation sites is 1. The van der Waals surface area contributed by atoms with Gasteiger partial charge in [0.15, 0.2) is 0 Å². The molecule has 0 aliphatic rings. The molecular weight excluding hydrogens is 458 g/mol. The van der Waals surface area contributed by atoms with Gasteiger partial charge in [-0.15, -0.1) is 11.3 Å². The number of rotatable bonds is 2. The van der Waals surface area contributed by atoms with Gasteiger partial charge in [0.05, 0.1) is 34.3 Å². The van der Waals surface area contributed by atoms with E-state index in [1.807, 2.05) is 17.4 Å². The molecule has 166 valence electrons. The van der Waals surface area contributed by atoms with Crippen LogP contribution in [0.25, 0.3) is 58.8 Å². The van der Waals surface area contributed by atoms with Gasteiger partial charge in [-0.3, -0.25) is 0 Å². The Balaban J connectivity index is 1.53. The molecule has 0 atom stereocenters. The molecule has 0 bridgehead atoms. The van der Waals surface area contributed by atoms with E-state index >= 15 is 0 Å². The summed E-state index contributed by atoms with van der Waals surface area (Å²) in [6.07, 6.45) is 0. The second kappa shape index (κ2) is 7.82. The van der Waals surface area contributed by atoms with E-state index in [4.69, 9.17) is 0 Å². The molecule has 2 aromatic heterocycles. The van der Waals surface area contributed by atoms with E-state index in [9.17, 15) is 10.5 Å². The van der Waals surface area contributed by atoms with Gasteiger partial charge in [0, 0.05) is 42.2 Å². The van der Waals surface area contributed by atoms with E-state index in [1.54, 1.807) is 18.2 Å². The van der Waals surface area contributed by atoms with Crippen LogP contribution >= 0.6 is 11.3 Å². The van der Waals surface area contributed by atoms with Crippen molar-refractivity contribution in [1.29, 1.82) is 10.5 Å². The van der Waals surface area contributed by atoms with E-state index in [0.29, 0.717) is 16.7 Å². The summed E-state index contributed by atoms with van der Waals surface area (Å²) in [5, 5.41) is 24.2. The maximum atomic E-state index is 9.72. The fourth-order valence-corrected chi connectivity index (χ4v) is 6.40. The number of nitriles is 2. The van der Waals surface area contributed by atoms with Crippen LogP contribution < -0.4 is 0 Å². The molecule has 5 aromatic carbocycles. The third kappa shape index (κ3) is 2.89. The zero-order valence-corrected chi connectivity index (χ0v) is 19.9. The first kappa shape index (κ1) is 20.5. The first-order valence-electron chi connectivity index (χ1n) is 11.7. The Morgan fingerprint density at radius 1 is 0.556 bits per heavy atom. The number of aromatic nitrogens is 1. The quantitative estimate of drug-likeness (QED) is 0.251. The van der Waals surface area contributed by atoms with Crippen molar-refractivity contribution in [2.45, 2.75) is 0 Å². The summed E-state index contributed by atoms with van der Waals surface area (Å²) < 4.78 is 4.88. The minimum Gasteiger partial charge on any atom is -0.309 e. The van der Waals surface area contributed by atoms with Crippen LogP contribution in [0.1, 0.15) is 11.1 Å². The van der Waals surface area contributed by atoms with Crippen molar-refractivity contribution in [3.05, 3.63) is 114 Å². The summed E-state index contributed by atoms with van der Waals surface area (Å²) >= 11 is 1.82. The largest absolute Gasteiger partial charge is 0.309 e. The highest BCUT2D eigenvalue weighted by Crippen LogP contribution is 2.39. The smallest absolute Gasteiger partial charge is 0.0998 e. The molecular formula is C32H17N3S. The molecule has 0 aliphatic carbocycles. The Bertz CT molecular complexity index is 2050. The average Bonchev–Trinajstić information content (AvgIpc) is 3.47. The van der Waals surface area contributed by atoms with Crippen molar-refractivity contribution in [1.82, 2.24) is 4.57 Å². The highest BCUT2D eigenvalue weighted by atomic mass is 32.1. The first-order valence-corrected chi connectivity index (χ1v) is 12.5. The molecule has 36 heavy (non-hydrogen) atoms. The third-order valence-corrected chi connectivity index (χ3v) is 8.04. The Morgan fingerprint density at radius 3 is 2.06 bits per heavy atom. The normalized spacial score (nSPS) is 11.3. The molecule has 7 rings (SSSR count). The lowest BCUT2D eigenvalue weighted by atomic mass is 9.94. The van der Waals surface area contributed by atoms with Gasteiger partial charge in [-0.1, -0.05) is 48.5 Å². The van der Waals surface area contributed by atoms with Crippen molar-refractivity contribution in [2.24, 2.45) is 0 Å². The monoisotopic (exact) mass is 475 g/mol. The standard InChI is InChI=1S/C32H17N3S/c33-18-21-6-5-7-22(19-34)32(21)20-12-14-29-26(16-20)24-8-1-3-10-28(24)35(29)23-13-15-31-27(17-23)25-9-2-4-11-30(25)36-31/h1-17H. The van der Waals surface area contributed by atoms with Gasteiger partial charge in [-0.2, -0.15) is 10.5 Å². The highest BCUT2D eigenvalue weighted by Gasteiger charge is 2.17. The summed E-state index contributed by atoms with van der Waals surface area (Å²) in [5.74, 6) is 0. The second-order valence-electron chi connectivity index (χ2n) is 8.81. The minimum absolute atomic E-state index is 0.506. The fourth-order valence-electron chi connectivity index (χ4n) is 5.31. The maximum Gasteiger partial charge on any atom is 0.0998 e. The lowest BCUT2D eigenvalue weighted by Crippen LogP contribution is -1.94. The third-order valence-electron chi connectivity index (χ3n) is 6.89. The molecule has 7 aromatic rings. The predicted octanol–water partition coefficient (Wildman–Crippen LogP) is 8.56. The topological polar surface area (TPSA) is 52.5 Å². The molecule has 0 amide bonds. The SMILES string of the molecule is N#Cc1cccc(C#N)c1-c1ccc2c(c1)c1ccccc1n2-c1ccc2sc3ccccc3c2c1. The number of hydrogen-bond donors (Lipinski definition) is 0. The highest BCUT2D eigenvalue weighted by molar-refractivity contribution is 7.25. The molecule has 0 spiro atoms. The van der Waals surface area contributed by atoms with Crippen LogP contribution in [-0.2, 0) is 0 Å². The summed E-state index contributed by atoms with van der Waals surface area (Å²) in [6.45, 7) is 0. The van der Waals surface area contributed by atoms with Gasteiger partial charge in [-0.05, 0) is 60.2 Å². The van der Waals surface area contributed by atoms with Crippen LogP contribution in [-0.4, -0.2) is 4.57 Å². The number of thiophene rings is 1. The van der Waals surface area contributed by atoms with Crippen LogP contribution in [0.4, 0.5) is 0 Å². The minimum atomic E-state index is 0.506. The van der Waals surface area contributed by atoms with Gasteiger partial charge in [-0.25, -0.2) is 0 Å². The van der Waals surface area contributed by atoms with Crippen molar-refractivity contribution in [2.75, 3.05) is 0 Å². The van der Waals surface area contributed by atoms with Gasteiger partial charge in [0.2, 0.25) is 0 Å². The zero-order valence-electron chi connectivity index (χ0n) is 19.1. The van der Waals surface area contributed by atoms with Gasteiger partial charge in [0.1, 0.15) is 0 Å². The Kier molecular flexibility index (Phi) is 4.45. The number of fused-ring (bicyclic) bond motifs is 6. The summed E-state index contributed by atoms with van der Waals surface area (Å²) in [6, 6.07) is 39.7. The summed E-state index contributed by atoms with van der Waals surface area (Å²) in [5.41, 5.74) is 5.90. The van der Waals surface area contributed by atoms with Gasteiger partial charge in [0.25, 0.3) is 0 Å². The van der Waals surface area contributed by atoms with Gasteiger partial charge >= 0.3 is 0 Å².